The van der Waals surface area contributed by atoms with Crippen LogP contribution in [0.1, 0.15) is 32.8 Å². The van der Waals surface area contributed by atoms with E-state index in [9.17, 15) is 9.59 Å². The molecule has 20 heavy (non-hydrogen) atoms. The first kappa shape index (κ1) is 14.6. The van der Waals surface area contributed by atoms with Crippen LogP contribution in [0.15, 0.2) is 30.3 Å². The lowest BCUT2D eigenvalue weighted by Gasteiger charge is -2.40. The molecule has 0 aliphatic carbocycles. The van der Waals surface area contributed by atoms with Crippen molar-refractivity contribution >= 4 is 11.9 Å². The number of methoxy groups -OCH3 is 1. The molecule has 1 aliphatic heterocycles. The summed E-state index contributed by atoms with van der Waals surface area (Å²) in [6.07, 6.45) is 0.312. The van der Waals surface area contributed by atoms with Gasteiger partial charge < -0.3 is 9.47 Å². The van der Waals surface area contributed by atoms with Crippen LogP contribution in [-0.2, 0) is 24.7 Å². The third kappa shape index (κ3) is 2.19. The number of ether oxygens (including phenoxy) is 2. The van der Waals surface area contributed by atoms with Gasteiger partial charge in [0, 0.05) is 11.8 Å². The van der Waals surface area contributed by atoms with Crippen molar-refractivity contribution in [3.63, 3.8) is 0 Å². The summed E-state index contributed by atoms with van der Waals surface area (Å²) in [7, 11) is 1.29. The monoisotopic (exact) mass is 276 g/mol. The quantitative estimate of drug-likeness (QED) is 0.615. The van der Waals surface area contributed by atoms with Gasteiger partial charge in [0.05, 0.1) is 7.11 Å². The standard InChI is InChI=1S/C16H20O4/c1-15(2,3)16(11-8-6-5-7-9-11)10-12(13(17)19-4)14(18)20-16/h5-9,12H,10H2,1-4H3. The van der Waals surface area contributed by atoms with Crippen molar-refractivity contribution in [1.82, 2.24) is 0 Å². The Morgan fingerprint density at radius 3 is 2.40 bits per heavy atom. The van der Waals surface area contributed by atoms with Crippen LogP contribution >= 0.6 is 0 Å². The number of hydrogen-bond donors (Lipinski definition) is 0. The van der Waals surface area contributed by atoms with E-state index in [4.69, 9.17) is 9.47 Å². The number of carbonyl (C=O) groups is 2. The summed E-state index contributed by atoms with van der Waals surface area (Å²) in [5.74, 6) is -1.88. The predicted octanol–water partition coefficient (Wildman–Crippen LogP) is 2.66. The van der Waals surface area contributed by atoms with Crippen LogP contribution in [0, 0.1) is 11.3 Å². The minimum absolute atomic E-state index is 0.312. The van der Waals surface area contributed by atoms with Crippen molar-refractivity contribution in [3.05, 3.63) is 35.9 Å². The van der Waals surface area contributed by atoms with Crippen molar-refractivity contribution < 1.29 is 19.1 Å². The second-order valence-corrected chi connectivity index (χ2v) is 6.14. The lowest BCUT2D eigenvalue weighted by atomic mass is 9.69. The van der Waals surface area contributed by atoms with Crippen molar-refractivity contribution in [2.45, 2.75) is 32.8 Å². The lowest BCUT2D eigenvalue weighted by Crippen LogP contribution is -2.40. The van der Waals surface area contributed by atoms with Gasteiger partial charge in [0.2, 0.25) is 0 Å². The van der Waals surface area contributed by atoms with Crippen LogP contribution in [0.3, 0.4) is 0 Å². The van der Waals surface area contributed by atoms with Crippen molar-refractivity contribution in [3.8, 4) is 0 Å². The molecule has 108 valence electrons. The maximum absolute atomic E-state index is 12.1. The highest BCUT2D eigenvalue weighted by Gasteiger charge is 2.57. The zero-order valence-electron chi connectivity index (χ0n) is 12.3. The number of carbonyl (C=O) groups excluding carboxylic acids is 2. The summed E-state index contributed by atoms with van der Waals surface area (Å²) in [6.45, 7) is 6.02. The fourth-order valence-corrected chi connectivity index (χ4v) is 2.75. The molecule has 0 spiro atoms. The van der Waals surface area contributed by atoms with Gasteiger partial charge in [-0.3, -0.25) is 9.59 Å². The Balaban J connectivity index is 2.48. The number of rotatable bonds is 2. The molecule has 0 saturated carbocycles. The molecule has 4 heteroatoms. The molecule has 2 rings (SSSR count). The molecule has 1 aromatic rings. The zero-order valence-corrected chi connectivity index (χ0v) is 12.3. The topological polar surface area (TPSA) is 52.6 Å². The van der Waals surface area contributed by atoms with E-state index in [0.29, 0.717) is 6.42 Å². The molecule has 0 amide bonds. The fourth-order valence-electron chi connectivity index (χ4n) is 2.75. The largest absolute Gasteiger partial charge is 0.468 e. The van der Waals surface area contributed by atoms with E-state index in [2.05, 4.69) is 0 Å². The lowest BCUT2D eigenvalue weighted by molar-refractivity contribution is -0.163. The summed E-state index contributed by atoms with van der Waals surface area (Å²) in [4.78, 5) is 23.8. The van der Waals surface area contributed by atoms with Crippen LogP contribution in [0.4, 0.5) is 0 Å². The Kier molecular flexibility index (Phi) is 3.59. The maximum Gasteiger partial charge on any atom is 0.321 e. The van der Waals surface area contributed by atoms with E-state index >= 15 is 0 Å². The molecule has 1 heterocycles. The van der Waals surface area contributed by atoms with Crippen LogP contribution in [0.25, 0.3) is 0 Å². The number of benzene rings is 1. The average molecular weight is 276 g/mol. The first-order chi connectivity index (χ1) is 9.32. The first-order valence-corrected chi connectivity index (χ1v) is 6.68. The number of hydrogen-bond acceptors (Lipinski definition) is 4. The molecule has 1 saturated heterocycles. The number of esters is 2. The summed E-state index contributed by atoms with van der Waals surface area (Å²) in [5.41, 5.74) is -0.218. The highest BCUT2D eigenvalue weighted by molar-refractivity contribution is 5.96. The van der Waals surface area contributed by atoms with Crippen molar-refractivity contribution in [1.29, 1.82) is 0 Å². The van der Waals surface area contributed by atoms with E-state index in [1.807, 2.05) is 51.1 Å². The first-order valence-electron chi connectivity index (χ1n) is 6.68. The molecule has 1 aliphatic rings. The normalized spacial score (nSPS) is 26.2. The molecule has 0 aromatic heterocycles. The third-order valence-corrected chi connectivity index (χ3v) is 3.99. The summed E-state index contributed by atoms with van der Waals surface area (Å²) < 4.78 is 10.4. The minimum Gasteiger partial charge on any atom is -0.468 e. The van der Waals surface area contributed by atoms with Gasteiger partial charge in [0.15, 0.2) is 5.92 Å². The third-order valence-electron chi connectivity index (χ3n) is 3.99. The summed E-state index contributed by atoms with van der Waals surface area (Å²) in [5, 5.41) is 0. The van der Waals surface area contributed by atoms with Gasteiger partial charge in [-0.1, -0.05) is 51.1 Å². The van der Waals surface area contributed by atoms with Gasteiger partial charge in [-0.15, -0.1) is 0 Å². The van der Waals surface area contributed by atoms with Gasteiger partial charge in [-0.2, -0.15) is 0 Å². The van der Waals surface area contributed by atoms with Gasteiger partial charge in [-0.25, -0.2) is 0 Å². The maximum atomic E-state index is 12.1. The molecule has 0 N–H and O–H groups in total. The Labute approximate surface area is 119 Å². The van der Waals surface area contributed by atoms with E-state index in [-0.39, 0.29) is 5.41 Å². The molecule has 0 bridgehead atoms. The second-order valence-electron chi connectivity index (χ2n) is 6.14. The average Bonchev–Trinajstić information content (AvgIpc) is 2.77. The van der Waals surface area contributed by atoms with Crippen molar-refractivity contribution in [2.24, 2.45) is 11.3 Å². The highest BCUT2D eigenvalue weighted by Crippen LogP contribution is 2.51. The molecule has 4 nitrogen and oxygen atoms in total. The summed E-state index contributed by atoms with van der Waals surface area (Å²) in [6, 6.07) is 9.58. The smallest absolute Gasteiger partial charge is 0.321 e. The fraction of sp³-hybridized carbons (Fsp3) is 0.500. The van der Waals surface area contributed by atoms with Crippen LogP contribution in [0.5, 0.6) is 0 Å². The molecule has 2 unspecified atom stereocenters. The van der Waals surface area contributed by atoms with Gasteiger partial charge in [-0.05, 0) is 5.56 Å². The Bertz CT molecular complexity index is 515. The molecule has 1 aromatic carbocycles. The second kappa shape index (κ2) is 4.93. The van der Waals surface area contributed by atoms with E-state index in [1.165, 1.54) is 7.11 Å². The van der Waals surface area contributed by atoms with E-state index < -0.39 is 23.5 Å². The SMILES string of the molecule is COC(=O)C1CC(c2ccccc2)(C(C)(C)C)OC1=O. The molecule has 2 atom stereocenters. The van der Waals surface area contributed by atoms with Crippen molar-refractivity contribution in [2.75, 3.05) is 7.11 Å². The summed E-state index contributed by atoms with van der Waals surface area (Å²) >= 11 is 0. The van der Waals surface area contributed by atoms with E-state index in [0.717, 1.165) is 5.56 Å². The van der Waals surface area contributed by atoms with Crippen LogP contribution in [-0.4, -0.2) is 19.0 Å². The molecule has 1 fully saturated rings. The Hall–Kier alpha value is -1.84. The molecule has 0 radical (unpaired) electrons. The zero-order chi connectivity index (χ0) is 15.0. The molecular formula is C16H20O4. The van der Waals surface area contributed by atoms with Gasteiger partial charge in [0.25, 0.3) is 0 Å². The van der Waals surface area contributed by atoms with Gasteiger partial charge >= 0.3 is 11.9 Å². The molecular weight excluding hydrogens is 256 g/mol. The Morgan fingerprint density at radius 2 is 1.90 bits per heavy atom. The number of cyclic esters (lactones) is 1. The van der Waals surface area contributed by atoms with Crippen LogP contribution in [0.2, 0.25) is 0 Å². The van der Waals surface area contributed by atoms with Crippen LogP contribution < -0.4 is 0 Å². The Morgan fingerprint density at radius 1 is 1.30 bits per heavy atom. The predicted molar refractivity (Wildman–Crippen MR) is 73.8 cm³/mol. The highest BCUT2D eigenvalue weighted by atomic mass is 16.6. The van der Waals surface area contributed by atoms with Gasteiger partial charge in [0.1, 0.15) is 5.60 Å². The van der Waals surface area contributed by atoms with E-state index in [1.54, 1.807) is 0 Å². The minimum atomic E-state index is -0.848.